The number of rotatable bonds is 9. The van der Waals surface area contributed by atoms with Crippen LogP contribution in [0.2, 0.25) is 0 Å². The van der Waals surface area contributed by atoms with Crippen molar-refractivity contribution in [1.29, 1.82) is 0 Å². The average Bonchev–Trinajstić information content (AvgIpc) is 2.82. The Morgan fingerprint density at radius 2 is 1.58 bits per heavy atom. The van der Waals surface area contributed by atoms with Crippen LogP contribution in [0.4, 0.5) is 4.39 Å². The second-order valence-electron chi connectivity index (χ2n) is 10.1. The molecule has 0 aromatic heterocycles. The Balaban J connectivity index is 1.92. The summed E-state index contributed by atoms with van der Waals surface area (Å²) < 4.78 is 19.4. The van der Waals surface area contributed by atoms with Crippen molar-refractivity contribution in [1.82, 2.24) is 10.2 Å². The Hall–Kier alpha value is -3.67. The van der Waals surface area contributed by atoms with Gasteiger partial charge in [0.25, 0.3) is 5.91 Å². The van der Waals surface area contributed by atoms with E-state index in [9.17, 15) is 14.0 Å². The quantitative estimate of drug-likeness (QED) is 0.438. The van der Waals surface area contributed by atoms with E-state index in [0.717, 1.165) is 22.3 Å². The summed E-state index contributed by atoms with van der Waals surface area (Å²) >= 11 is 0. The normalized spacial score (nSPS) is 12.1. The lowest BCUT2D eigenvalue weighted by molar-refractivity contribution is -0.143. The maximum Gasteiger partial charge on any atom is 0.261 e. The van der Waals surface area contributed by atoms with Crippen molar-refractivity contribution in [3.8, 4) is 5.75 Å². The number of nitrogens with one attached hydrogen (secondary N) is 1. The Kier molecular flexibility index (Phi) is 8.86. The smallest absolute Gasteiger partial charge is 0.261 e. The topological polar surface area (TPSA) is 58.6 Å². The van der Waals surface area contributed by atoms with E-state index >= 15 is 0 Å². The molecule has 0 fully saturated rings. The molecule has 36 heavy (non-hydrogen) atoms. The van der Waals surface area contributed by atoms with E-state index in [2.05, 4.69) is 5.32 Å². The molecule has 0 aliphatic heterocycles. The maximum atomic E-state index is 13.6. The Morgan fingerprint density at radius 3 is 2.19 bits per heavy atom. The highest BCUT2D eigenvalue weighted by Gasteiger charge is 2.32. The molecule has 0 spiro atoms. The molecule has 190 valence electrons. The van der Waals surface area contributed by atoms with Crippen molar-refractivity contribution in [2.24, 2.45) is 0 Å². The summed E-state index contributed by atoms with van der Waals surface area (Å²) in [6, 6.07) is 20.4. The second kappa shape index (κ2) is 11.8. The molecular formula is C30H35FN2O3. The SMILES string of the molecule is Cc1ccc(OCC(=O)N(Cc2ccc(F)cc2)C(Cc2ccccc2)C(=O)NC(C)(C)C)cc1C. The number of ether oxygens (including phenoxy) is 1. The molecule has 0 bridgehead atoms. The predicted molar refractivity (Wildman–Crippen MR) is 140 cm³/mol. The van der Waals surface area contributed by atoms with E-state index in [1.165, 1.54) is 17.0 Å². The third-order valence-corrected chi connectivity index (χ3v) is 5.88. The lowest BCUT2D eigenvalue weighted by Gasteiger charge is -2.33. The second-order valence-corrected chi connectivity index (χ2v) is 10.1. The van der Waals surface area contributed by atoms with Crippen LogP contribution in [0, 0.1) is 19.7 Å². The van der Waals surface area contributed by atoms with Crippen molar-refractivity contribution >= 4 is 11.8 Å². The predicted octanol–water partition coefficient (Wildman–Crippen LogP) is 5.38. The summed E-state index contributed by atoms with van der Waals surface area (Å²) in [4.78, 5) is 28.6. The molecule has 0 radical (unpaired) electrons. The first kappa shape index (κ1) is 26.9. The van der Waals surface area contributed by atoms with Gasteiger partial charge < -0.3 is 15.0 Å². The number of aryl methyl sites for hydroxylation is 2. The van der Waals surface area contributed by atoms with Gasteiger partial charge in [0.05, 0.1) is 0 Å². The molecule has 3 aromatic rings. The highest BCUT2D eigenvalue weighted by atomic mass is 19.1. The number of carbonyl (C=O) groups excluding carboxylic acids is 2. The minimum atomic E-state index is -0.785. The number of nitrogens with zero attached hydrogens (tertiary/aromatic N) is 1. The Bertz CT molecular complexity index is 1170. The number of hydrogen-bond acceptors (Lipinski definition) is 3. The van der Waals surface area contributed by atoms with Gasteiger partial charge in [-0.1, -0.05) is 48.5 Å². The number of benzene rings is 3. The largest absolute Gasteiger partial charge is 0.484 e. The van der Waals surface area contributed by atoms with Crippen LogP contribution in [0.3, 0.4) is 0 Å². The van der Waals surface area contributed by atoms with Crippen molar-refractivity contribution in [3.63, 3.8) is 0 Å². The lowest BCUT2D eigenvalue weighted by Crippen LogP contribution is -2.55. The molecule has 6 heteroatoms. The molecule has 2 amide bonds. The third kappa shape index (κ3) is 7.94. The highest BCUT2D eigenvalue weighted by molar-refractivity contribution is 5.89. The van der Waals surface area contributed by atoms with E-state index < -0.39 is 11.6 Å². The summed E-state index contributed by atoms with van der Waals surface area (Å²) in [5.41, 5.74) is 3.37. The zero-order chi connectivity index (χ0) is 26.3. The minimum absolute atomic E-state index is 0.143. The van der Waals surface area contributed by atoms with Crippen LogP contribution in [-0.2, 0) is 22.6 Å². The number of halogens is 1. The van der Waals surface area contributed by atoms with E-state index in [0.29, 0.717) is 12.2 Å². The maximum absolute atomic E-state index is 13.6. The van der Waals surface area contributed by atoms with Crippen molar-refractivity contribution < 1.29 is 18.7 Å². The van der Waals surface area contributed by atoms with Gasteiger partial charge in [-0.2, -0.15) is 0 Å². The average molecular weight is 491 g/mol. The van der Waals surface area contributed by atoms with E-state index in [-0.39, 0.29) is 30.8 Å². The van der Waals surface area contributed by atoms with Gasteiger partial charge in [0.15, 0.2) is 6.61 Å². The van der Waals surface area contributed by atoms with Gasteiger partial charge in [-0.15, -0.1) is 0 Å². The molecule has 5 nitrogen and oxygen atoms in total. The minimum Gasteiger partial charge on any atom is -0.484 e. The molecule has 1 unspecified atom stereocenters. The Morgan fingerprint density at radius 1 is 0.917 bits per heavy atom. The monoisotopic (exact) mass is 490 g/mol. The zero-order valence-corrected chi connectivity index (χ0v) is 21.7. The van der Waals surface area contributed by atoms with Crippen molar-refractivity contribution in [2.75, 3.05) is 6.61 Å². The van der Waals surface area contributed by atoms with Gasteiger partial charge in [-0.25, -0.2) is 4.39 Å². The fourth-order valence-corrected chi connectivity index (χ4v) is 3.83. The van der Waals surface area contributed by atoms with Crippen LogP contribution in [0.25, 0.3) is 0 Å². The first-order valence-corrected chi connectivity index (χ1v) is 12.1. The number of hydrogen-bond donors (Lipinski definition) is 1. The first-order chi connectivity index (χ1) is 17.0. The molecule has 0 heterocycles. The van der Waals surface area contributed by atoms with E-state index in [1.54, 1.807) is 12.1 Å². The van der Waals surface area contributed by atoms with Crippen molar-refractivity contribution in [2.45, 2.75) is 59.2 Å². The molecule has 0 saturated carbocycles. The van der Waals surface area contributed by atoms with Gasteiger partial charge in [-0.05, 0) is 81.1 Å². The van der Waals surface area contributed by atoms with Crippen LogP contribution in [0.15, 0.2) is 72.8 Å². The van der Waals surface area contributed by atoms with Crippen LogP contribution in [-0.4, -0.2) is 34.9 Å². The molecule has 0 saturated heterocycles. The Labute approximate surface area is 213 Å². The van der Waals surface area contributed by atoms with E-state index in [4.69, 9.17) is 4.74 Å². The van der Waals surface area contributed by atoms with Gasteiger partial charge in [0.1, 0.15) is 17.6 Å². The molecule has 1 N–H and O–H groups in total. The molecule has 1 atom stereocenters. The summed E-state index contributed by atoms with van der Waals surface area (Å²) in [5.74, 6) is -0.358. The molecule has 0 aliphatic carbocycles. The highest BCUT2D eigenvalue weighted by Crippen LogP contribution is 2.19. The summed E-state index contributed by atoms with van der Waals surface area (Å²) in [7, 11) is 0. The first-order valence-electron chi connectivity index (χ1n) is 12.1. The van der Waals surface area contributed by atoms with Gasteiger partial charge >= 0.3 is 0 Å². The van der Waals surface area contributed by atoms with Crippen molar-refractivity contribution in [3.05, 3.63) is 101 Å². The molecule has 3 aromatic carbocycles. The number of amides is 2. The van der Waals surface area contributed by atoms with Gasteiger partial charge in [-0.3, -0.25) is 9.59 Å². The van der Waals surface area contributed by atoms with Crippen LogP contribution < -0.4 is 10.1 Å². The van der Waals surface area contributed by atoms with Gasteiger partial charge in [0, 0.05) is 18.5 Å². The summed E-state index contributed by atoms with van der Waals surface area (Å²) in [5, 5.41) is 3.02. The standard InChI is InChI=1S/C30H35FN2O3/c1-21-11-16-26(17-22(21)2)36-20-28(34)33(19-24-12-14-25(31)15-13-24)27(29(35)32-30(3,4)5)18-23-9-7-6-8-10-23/h6-17,27H,18-20H2,1-5H3,(H,32,35). The fourth-order valence-electron chi connectivity index (χ4n) is 3.83. The summed E-state index contributed by atoms with van der Waals surface area (Å²) in [6.07, 6.45) is 0.333. The summed E-state index contributed by atoms with van der Waals surface area (Å²) in [6.45, 7) is 9.62. The zero-order valence-electron chi connectivity index (χ0n) is 21.7. The molecule has 0 aliphatic rings. The van der Waals surface area contributed by atoms with Crippen LogP contribution in [0.1, 0.15) is 43.0 Å². The lowest BCUT2D eigenvalue weighted by atomic mass is 10.0. The van der Waals surface area contributed by atoms with Gasteiger partial charge in [0.2, 0.25) is 5.91 Å². The molecular weight excluding hydrogens is 455 g/mol. The van der Waals surface area contributed by atoms with E-state index in [1.807, 2.05) is 83.1 Å². The third-order valence-electron chi connectivity index (χ3n) is 5.88. The molecule has 3 rings (SSSR count). The fraction of sp³-hybridized carbons (Fsp3) is 0.333. The number of carbonyl (C=O) groups is 2. The van der Waals surface area contributed by atoms with Crippen LogP contribution >= 0.6 is 0 Å². The van der Waals surface area contributed by atoms with Crippen LogP contribution in [0.5, 0.6) is 5.75 Å².